The van der Waals surface area contributed by atoms with E-state index >= 15 is 0 Å². The lowest BCUT2D eigenvalue weighted by Crippen LogP contribution is -2.52. The molecule has 0 aliphatic heterocycles. The number of rotatable bonds is 5. The second-order valence-corrected chi connectivity index (χ2v) is 8.24. The molecule has 4 fully saturated rings. The van der Waals surface area contributed by atoms with Crippen molar-refractivity contribution in [1.29, 1.82) is 0 Å². The van der Waals surface area contributed by atoms with Gasteiger partial charge in [0.05, 0.1) is 0 Å². The van der Waals surface area contributed by atoms with Crippen LogP contribution in [0.15, 0.2) is 60.7 Å². The van der Waals surface area contributed by atoms with Crippen LogP contribution in [0.25, 0.3) is 0 Å². The Balaban J connectivity index is 1.42. The minimum absolute atomic E-state index is 0.181. The first-order valence-electron chi connectivity index (χ1n) is 9.78. The molecule has 4 saturated carbocycles. The highest BCUT2D eigenvalue weighted by molar-refractivity contribution is 5.23. The summed E-state index contributed by atoms with van der Waals surface area (Å²) < 4.78 is 12.8. The van der Waals surface area contributed by atoms with Crippen LogP contribution < -0.4 is 9.47 Å². The first-order chi connectivity index (χ1) is 12.3. The summed E-state index contributed by atoms with van der Waals surface area (Å²) in [5.41, 5.74) is 0. The number of hydrogen-bond donors (Lipinski definition) is 0. The molecule has 4 bridgehead atoms. The standard InChI is InChI=1S/C23H26O2/c1-3-7-20(8-4-1)24-23(25-21-9-5-2-6-10-21)22-18-12-16-11-17(14-18)15-19(22)13-16/h1-10,16-19,22-23H,11-15H2. The van der Waals surface area contributed by atoms with Gasteiger partial charge in [0, 0.05) is 5.92 Å². The van der Waals surface area contributed by atoms with Crippen LogP contribution in [-0.2, 0) is 0 Å². The Morgan fingerprint density at radius 1 is 0.600 bits per heavy atom. The molecule has 6 rings (SSSR count). The smallest absolute Gasteiger partial charge is 0.244 e. The maximum absolute atomic E-state index is 6.42. The zero-order valence-corrected chi connectivity index (χ0v) is 14.6. The van der Waals surface area contributed by atoms with E-state index in [1.165, 1.54) is 32.1 Å². The van der Waals surface area contributed by atoms with Gasteiger partial charge in [-0.15, -0.1) is 0 Å². The number of benzene rings is 2. The van der Waals surface area contributed by atoms with Gasteiger partial charge in [0.2, 0.25) is 6.29 Å². The maximum Gasteiger partial charge on any atom is 0.244 e. The molecule has 0 radical (unpaired) electrons. The van der Waals surface area contributed by atoms with E-state index in [1.807, 2.05) is 60.7 Å². The molecule has 0 atom stereocenters. The molecule has 2 nitrogen and oxygen atoms in total. The maximum atomic E-state index is 6.42. The third-order valence-corrected chi connectivity index (χ3v) is 6.60. The van der Waals surface area contributed by atoms with Gasteiger partial charge in [0.25, 0.3) is 0 Å². The summed E-state index contributed by atoms with van der Waals surface area (Å²) in [6, 6.07) is 20.4. The van der Waals surface area contributed by atoms with Crippen LogP contribution in [0.5, 0.6) is 11.5 Å². The molecule has 0 amide bonds. The van der Waals surface area contributed by atoms with Gasteiger partial charge < -0.3 is 9.47 Å². The second kappa shape index (κ2) is 6.40. The SMILES string of the molecule is c1ccc(OC(Oc2ccccc2)C2C3CC4CC(C3)CC2C4)cc1. The van der Waals surface area contributed by atoms with Gasteiger partial charge >= 0.3 is 0 Å². The van der Waals surface area contributed by atoms with E-state index in [1.54, 1.807) is 0 Å². The molecule has 0 aromatic heterocycles. The molecule has 25 heavy (non-hydrogen) atoms. The topological polar surface area (TPSA) is 18.5 Å². The van der Waals surface area contributed by atoms with Crippen LogP contribution in [0.3, 0.4) is 0 Å². The Morgan fingerprint density at radius 3 is 1.48 bits per heavy atom. The van der Waals surface area contributed by atoms with Gasteiger partial charge in [-0.2, -0.15) is 0 Å². The highest BCUT2D eigenvalue weighted by Crippen LogP contribution is 2.57. The summed E-state index contributed by atoms with van der Waals surface area (Å²) in [7, 11) is 0. The lowest BCUT2D eigenvalue weighted by molar-refractivity contribution is -0.144. The lowest BCUT2D eigenvalue weighted by atomic mass is 9.51. The van der Waals surface area contributed by atoms with E-state index in [2.05, 4.69) is 0 Å². The predicted molar refractivity (Wildman–Crippen MR) is 98.5 cm³/mol. The predicted octanol–water partition coefficient (Wildman–Crippen LogP) is 5.54. The summed E-state index contributed by atoms with van der Waals surface area (Å²) >= 11 is 0. The van der Waals surface area contributed by atoms with Crippen LogP contribution in [0.2, 0.25) is 0 Å². The molecular formula is C23H26O2. The first kappa shape index (κ1) is 15.3. The van der Waals surface area contributed by atoms with Gasteiger partial charge in [-0.3, -0.25) is 0 Å². The molecule has 0 heterocycles. The highest BCUT2D eigenvalue weighted by atomic mass is 16.7. The molecule has 2 aromatic carbocycles. The Labute approximate surface area is 150 Å². The fourth-order valence-corrected chi connectivity index (χ4v) is 5.86. The number of hydrogen-bond acceptors (Lipinski definition) is 2. The van der Waals surface area contributed by atoms with E-state index in [0.29, 0.717) is 5.92 Å². The Kier molecular flexibility index (Phi) is 3.92. The molecule has 0 N–H and O–H groups in total. The minimum Gasteiger partial charge on any atom is -0.455 e. The molecule has 130 valence electrons. The number of para-hydroxylation sites is 2. The highest BCUT2D eigenvalue weighted by Gasteiger charge is 2.52. The Morgan fingerprint density at radius 2 is 1.04 bits per heavy atom. The van der Waals surface area contributed by atoms with Crippen LogP contribution >= 0.6 is 0 Å². The van der Waals surface area contributed by atoms with Gasteiger partial charge in [-0.05, 0) is 80.0 Å². The fourth-order valence-electron chi connectivity index (χ4n) is 5.86. The van der Waals surface area contributed by atoms with Crippen molar-refractivity contribution in [2.45, 2.75) is 38.4 Å². The molecule has 0 saturated heterocycles. The Bertz CT molecular complexity index is 627. The quantitative estimate of drug-likeness (QED) is 0.668. The largest absolute Gasteiger partial charge is 0.455 e. The zero-order chi connectivity index (χ0) is 16.6. The first-order valence-corrected chi connectivity index (χ1v) is 9.78. The lowest BCUT2D eigenvalue weighted by Gasteiger charge is -2.55. The van der Waals surface area contributed by atoms with Crippen molar-refractivity contribution in [1.82, 2.24) is 0 Å². The average molecular weight is 334 g/mol. The monoisotopic (exact) mass is 334 g/mol. The zero-order valence-electron chi connectivity index (χ0n) is 14.6. The Hall–Kier alpha value is -1.96. The molecule has 0 unspecified atom stereocenters. The summed E-state index contributed by atoms with van der Waals surface area (Å²) in [6.07, 6.45) is 6.81. The summed E-state index contributed by atoms with van der Waals surface area (Å²) in [5.74, 6) is 5.82. The third kappa shape index (κ3) is 3.03. The normalized spacial score (nSPS) is 32.8. The average Bonchev–Trinajstić information content (AvgIpc) is 2.62. The summed E-state index contributed by atoms with van der Waals surface area (Å²) in [4.78, 5) is 0. The van der Waals surface area contributed by atoms with Crippen LogP contribution in [0, 0.1) is 29.6 Å². The molecule has 2 heteroatoms. The van der Waals surface area contributed by atoms with E-state index in [4.69, 9.17) is 9.47 Å². The van der Waals surface area contributed by atoms with Gasteiger partial charge in [-0.25, -0.2) is 0 Å². The van der Waals surface area contributed by atoms with E-state index in [-0.39, 0.29) is 6.29 Å². The summed E-state index contributed by atoms with van der Waals surface area (Å²) in [5, 5.41) is 0. The van der Waals surface area contributed by atoms with Gasteiger partial charge in [0.1, 0.15) is 11.5 Å². The minimum atomic E-state index is -0.181. The van der Waals surface area contributed by atoms with E-state index < -0.39 is 0 Å². The van der Waals surface area contributed by atoms with Crippen molar-refractivity contribution < 1.29 is 9.47 Å². The number of ether oxygens (including phenoxy) is 2. The molecule has 4 aliphatic rings. The third-order valence-electron chi connectivity index (χ3n) is 6.60. The summed E-state index contributed by atoms with van der Waals surface area (Å²) in [6.45, 7) is 0. The van der Waals surface area contributed by atoms with Crippen LogP contribution in [0.4, 0.5) is 0 Å². The van der Waals surface area contributed by atoms with E-state index in [9.17, 15) is 0 Å². The molecule has 2 aromatic rings. The fraction of sp³-hybridized carbons (Fsp3) is 0.478. The second-order valence-electron chi connectivity index (χ2n) is 8.24. The van der Waals surface area contributed by atoms with Crippen molar-refractivity contribution >= 4 is 0 Å². The van der Waals surface area contributed by atoms with Crippen molar-refractivity contribution in [2.75, 3.05) is 0 Å². The van der Waals surface area contributed by atoms with Crippen LogP contribution in [-0.4, -0.2) is 6.29 Å². The van der Waals surface area contributed by atoms with E-state index in [0.717, 1.165) is 35.2 Å². The van der Waals surface area contributed by atoms with Crippen molar-refractivity contribution in [3.05, 3.63) is 60.7 Å². The molecular weight excluding hydrogens is 308 g/mol. The molecule has 0 spiro atoms. The van der Waals surface area contributed by atoms with Gasteiger partial charge in [0.15, 0.2) is 0 Å². The van der Waals surface area contributed by atoms with Crippen molar-refractivity contribution in [3.8, 4) is 11.5 Å². The molecule has 4 aliphatic carbocycles. The van der Waals surface area contributed by atoms with Crippen molar-refractivity contribution in [3.63, 3.8) is 0 Å². The van der Waals surface area contributed by atoms with Crippen molar-refractivity contribution in [2.24, 2.45) is 29.6 Å². The van der Waals surface area contributed by atoms with Gasteiger partial charge in [-0.1, -0.05) is 36.4 Å². The van der Waals surface area contributed by atoms with Crippen LogP contribution in [0.1, 0.15) is 32.1 Å².